The lowest BCUT2D eigenvalue weighted by atomic mass is 9.98. The van der Waals surface area contributed by atoms with Crippen LogP contribution in [0.15, 0.2) is 48.5 Å². The summed E-state index contributed by atoms with van der Waals surface area (Å²) in [5.74, 6) is 0.132. The Kier molecular flexibility index (Phi) is 6.72. The third-order valence-corrected chi connectivity index (χ3v) is 5.19. The number of nitrogens with zero attached hydrogens (tertiary/aromatic N) is 1. The van der Waals surface area contributed by atoms with Crippen LogP contribution < -0.4 is 14.8 Å². The Hall–Kier alpha value is -3.06. The van der Waals surface area contributed by atoms with Gasteiger partial charge in [-0.2, -0.15) is 0 Å². The van der Waals surface area contributed by atoms with Crippen molar-refractivity contribution in [3.63, 3.8) is 0 Å². The van der Waals surface area contributed by atoms with Gasteiger partial charge in [0.05, 0.1) is 32.7 Å². The van der Waals surface area contributed by atoms with E-state index in [0.29, 0.717) is 19.5 Å². The average molecular weight is 398 g/mol. The summed E-state index contributed by atoms with van der Waals surface area (Å²) in [6, 6.07) is 14.8. The number of rotatable bonds is 8. The maximum absolute atomic E-state index is 12.7. The molecule has 1 heterocycles. The Morgan fingerprint density at radius 2 is 1.55 bits per heavy atom. The number of hydrogen-bond donors (Lipinski definition) is 2. The Balaban J connectivity index is 1.75. The van der Waals surface area contributed by atoms with Gasteiger partial charge in [0.15, 0.2) is 0 Å². The Bertz CT molecular complexity index is 788. The highest BCUT2D eigenvalue weighted by Gasteiger charge is 2.29. The van der Waals surface area contributed by atoms with E-state index in [4.69, 9.17) is 14.6 Å². The predicted octanol–water partition coefficient (Wildman–Crippen LogP) is 2.32. The number of amides is 1. The summed E-state index contributed by atoms with van der Waals surface area (Å²) in [4.78, 5) is 25.7. The van der Waals surface area contributed by atoms with Crippen LogP contribution in [0.5, 0.6) is 11.5 Å². The molecule has 1 aliphatic rings. The lowest BCUT2D eigenvalue weighted by Gasteiger charge is -2.22. The molecule has 154 valence electrons. The minimum atomic E-state index is -0.803. The molecule has 0 saturated carbocycles. The van der Waals surface area contributed by atoms with Crippen molar-refractivity contribution in [1.29, 1.82) is 0 Å². The van der Waals surface area contributed by atoms with Crippen molar-refractivity contribution < 1.29 is 24.2 Å². The van der Waals surface area contributed by atoms with Crippen molar-refractivity contribution in [2.75, 3.05) is 33.9 Å². The maximum Gasteiger partial charge on any atom is 0.307 e. The molecule has 1 fully saturated rings. The number of hydrogen-bond acceptors (Lipinski definition) is 5. The highest BCUT2D eigenvalue weighted by Crippen LogP contribution is 2.26. The molecule has 0 aromatic heterocycles. The van der Waals surface area contributed by atoms with Gasteiger partial charge in [0.1, 0.15) is 11.5 Å². The number of ether oxygens (including phenoxy) is 2. The molecule has 0 spiro atoms. The zero-order valence-electron chi connectivity index (χ0n) is 16.6. The molecular formula is C22H26N2O5. The normalized spacial score (nSPS) is 16.6. The molecule has 1 atom stereocenters. The number of carbonyl (C=O) groups excluding carboxylic acids is 1. The van der Waals surface area contributed by atoms with Crippen LogP contribution in [0.25, 0.3) is 0 Å². The van der Waals surface area contributed by atoms with Gasteiger partial charge in [-0.15, -0.1) is 0 Å². The highest BCUT2D eigenvalue weighted by molar-refractivity contribution is 5.79. The second-order valence-corrected chi connectivity index (χ2v) is 7.11. The van der Waals surface area contributed by atoms with Gasteiger partial charge in [-0.1, -0.05) is 24.3 Å². The Labute approximate surface area is 170 Å². The third-order valence-electron chi connectivity index (χ3n) is 5.19. The molecule has 2 N–H and O–H groups in total. The predicted molar refractivity (Wildman–Crippen MR) is 108 cm³/mol. The molecule has 29 heavy (non-hydrogen) atoms. The fourth-order valence-corrected chi connectivity index (χ4v) is 3.54. The maximum atomic E-state index is 12.7. The van der Waals surface area contributed by atoms with Gasteiger partial charge >= 0.3 is 5.97 Å². The second kappa shape index (κ2) is 9.43. The van der Waals surface area contributed by atoms with E-state index >= 15 is 0 Å². The minimum absolute atomic E-state index is 0.146. The van der Waals surface area contributed by atoms with Gasteiger partial charge in [0.2, 0.25) is 5.91 Å². The van der Waals surface area contributed by atoms with Gasteiger partial charge in [0, 0.05) is 6.54 Å². The number of likely N-dealkylation sites (tertiary alicyclic amines) is 1. The average Bonchev–Trinajstić information content (AvgIpc) is 3.21. The largest absolute Gasteiger partial charge is 0.497 e. The third kappa shape index (κ3) is 5.26. The number of nitrogens with one attached hydrogen (secondary N) is 1. The van der Waals surface area contributed by atoms with Crippen LogP contribution in [0, 0.1) is 5.92 Å². The summed E-state index contributed by atoms with van der Waals surface area (Å²) < 4.78 is 10.5. The monoisotopic (exact) mass is 398 g/mol. The highest BCUT2D eigenvalue weighted by atomic mass is 16.5. The zero-order valence-corrected chi connectivity index (χ0v) is 16.6. The van der Waals surface area contributed by atoms with E-state index in [1.807, 2.05) is 53.4 Å². The molecule has 0 aliphatic carbocycles. The topological polar surface area (TPSA) is 88.1 Å². The molecule has 1 aliphatic heterocycles. The Morgan fingerprint density at radius 3 is 1.97 bits per heavy atom. The summed E-state index contributed by atoms with van der Waals surface area (Å²) in [5, 5.41) is 12.2. The lowest BCUT2D eigenvalue weighted by molar-refractivity contribution is -0.141. The van der Waals surface area contributed by atoms with Gasteiger partial charge < -0.3 is 19.9 Å². The van der Waals surface area contributed by atoms with Crippen molar-refractivity contribution >= 4 is 11.9 Å². The molecule has 7 nitrogen and oxygen atoms in total. The van der Waals surface area contributed by atoms with E-state index in [0.717, 1.165) is 22.6 Å². The van der Waals surface area contributed by atoms with Crippen LogP contribution in [-0.2, 0) is 9.59 Å². The van der Waals surface area contributed by atoms with Crippen molar-refractivity contribution in [2.45, 2.75) is 12.5 Å². The lowest BCUT2D eigenvalue weighted by Crippen LogP contribution is -2.38. The van der Waals surface area contributed by atoms with Crippen LogP contribution in [0.4, 0.5) is 0 Å². The number of carboxylic acid groups (broad SMARTS) is 1. The quantitative estimate of drug-likeness (QED) is 0.710. The number of benzene rings is 2. The number of aliphatic carboxylic acids is 1. The van der Waals surface area contributed by atoms with Crippen molar-refractivity contribution in [2.24, 2.45) is 5.92 Å². The summed E-state index contributed by atoms with van der Waals surface area (Å²) >= 11 is 0. The van der Waals surface area contributed by atoms with Gasteiger partial charge in [-0.05, 0) is 48.4 Å². The molecule has 0 radical (unpaired) electrons. The van der Waals surface area contributed by atoms with Gasteiger partial charge in [-0.3, -0.25) is 14.5 Å². The standard InChI is InChI=1S/C22H26N2O5/c1-28-18-7-3-15(4-8-18)21(16-5-9-19(29-2)10-6-16)23-20(25)14-24-12-11-17(13-24)22(26)27/h3-10,17,21H,11-14H2,1-2H3,(H,23,25)(H,26,27). The molecule has 7 heteroatoms. The summed E-state index contributed by atoms with van der Waals surface area (Å²) in [7, 11) is 3.22. The first-order chi connectivity index (χ1) is 14.0. The zero-order chi connectivity index (χ0) is 20.8. The molecule has 2 aromatic rings. The van der Waals surface area contributed by atoms with E-state index in [2.05, 4.69) is 5.32 Å². The molecule has 1 saturated heterocycles. The molecule has 1 amide bonds. The van der Waals surface area contributed by atoms with Crippen molar-refractivity contribution in [1.82, 2.24) is 10.2 Å². The first-order valence-electron chi connectivity index (χ1n) is 9.52. The molecule has 1 unspecified atom stereocenters. The second-order valence-electron chi connectivity index (χ2n) is 7.11. The van der Waals surface area contributed by atoms with Crippen LogP contribution in [0.1, 0.15) is 23.6 Å². The minimum Gasteiger partial charge on any atom is -0.497 e. The number of carboxylic acids is 1. The fourth-order valence-electron chi connectivity index (χ4n) is 3.54. The molecule has 3 rings (SSSR count). The van der Waals surface area contributed by atoms with Crippen LogP contribution in [0.2, 0.25) is 0 Å². The molecule has 2 aromatic carbocycles. The van der Waals surface area contributed by atoms with Gasteiger partial charge in [-0.25, -0.2) is 0 Å². The SMILES string of the molecule is COc1ccc(C(NC(=O)CN2CCC(C(=O)O)C2)c2ccc(OC)cc2)cc1. The summed E-state index contributed by atoms with van der Waals surface area (Å²) in [6.45, 7) is 1.19. The number of methoxy groups -OCH3 is 2. The molecule has 0 bridgehead atoms. The van der Waals surface area contributed by atoms with Crippen LogP contribution in [-0.4, -0.2) is 55.7 Å². The van der Waals surface area contributed by atoms with Crippen LogP contribution in [0.3, 0.4) is 0 Å². The first kappa shape index (κ1) is 20.7. The van der Waals surface area contributed by atoms with Crippen molar-refractivity contribution in [3.8, 4) is 11.5 Å². The van der Waals surface area contributed by atoms with E-state index in [1.54, 1.807) is 14.2 Å². The van der Waals surface area contributed by atoms with Crippen molar-refractivity contribution in [3.05, 3.63) is 59.7 Å². The fraction of sp³-hybridized carbons (Fsp3) is 0.364. The summed E-state index contributed by atoms with van der Waals surface area (Å²) in [6.07, 6.45) is 0.572. The first-order valence-corrected chi connectivity index (χ1v) is 9.52. The summed E-state index contributed by atoms with van der Waals surface area (Å²) in [5.41, 5.74) is 1.85. The smallest absolute Gasteiger partial charge is 0.307 e. The number of carbonyl (C=O) groups is 2. The van der Waals surface area contributed by atoms with E-state index in [9.17, 15) is 9.59 Å². The van der Waals surface area contributed by atoms with Crippen LogP contribution >= 0.6 is 0 Å². The molecular weight excluding hydrogens is 372 g/mol. The Morgan fingerprint density at radius 1 is 1.03 bits per heavy atom. The van der Waals surface area contributed by atoms with E-state index < -0.39 is 11.9 Å². The van der Waals surface area contributed by atoms with E-state index in [1.165, 1.54) is 0 Å². The van der Waals surface area contributed by atoms with E-state index in [-0.39, 0.29) is 18.5 Å². The van der Waals surface area contributed by atoms with Gasteiger partial charge in [0.25, 0.3) is 0 Å².